The number of piperazine rings is 1. The van der Waals surface area contributed by atoms with Crippen LogP contribution in [0.2, 0.25) is 0 Å². The molecule has 0 saturated carbocycles. The lowest BCUT2D eigenvalue weighted by Gasteiger charge is -2.34. The number of rotatable bonds is 2. The van der Waals surface area contributed by atoms with Crippen molar-refractivity contribution in [3.8, 4) is 11.3 Å². The van der Waals surface area contributed by atoms with Crippen LogP contribution in [0.4, 0.5) is 16.0 Å². The Hall–Kier alpha value is -3.13. The monoisotopic (exact) mass is 381 g/mol. The highest BCUT2D eigenvalue weighted by molar-refractivity contribution is 5.84. The van der Waals surface area contributed by atoms with Crippen LogP contribution in [-0.4, -0.2) is 54.2 Å². The number of nitrogens with zero attached hydrogens (tertiary/aromatic N) is 4. The van der Waals surface area contributed by atoms with Gasteiger partial charge in [0, 0.05) is 55.7 Å². The Morgan fingerprint density at radius 1 is 1.18 bits per heavy atom. The fraction of sp³-hybridized carbons (Fsp3) is 0.300. The molecule has 144 valence electrons. The van der Waals surface area contributed by atoms with Crippen LogP contribution in [0.1, 0.15) is 0 Å². The SMILES string of the molecule is CN1CCN(c2ccc3cc(-c4cn5c(n4)NCC(F)=C5)c(=O)oc3c2)CC1. The predicted octanol–water partition coefficient (Wildman–Crippen LogP) is 2.60. The summed E-state index contributed by atoms with van der Waals surface area (Å²) in [5, 5.41) is 3.70. The second kappa shape index (κ2) is 6.49. The Balaban J connectivity index is 1.51. The van der Waals surface area contributed by atoms with E-state index in [0.29, 0.717) is 22.8 Å². The Bertz CT molecular complexity index is 1140. The number of nitrogens with one attached hydrogen (secondary N) is 1. The van der Waals surface area contributed by atoms with Crippen molar-refractivity contribution in [3.63, 3.8) is 0 Å². The maximum absolute atomic E-state index is 13.4. The van der Waals surface area contributed by atoms with Crippen molar-refractivity contribution in [1.82, 2.24) is 14.5 Å². The molecule has 0 amide bonds. The van der Waals surface area contributed by atoms with E-state index in [-0.39, 0.29) is 12.4 Å². The summed E-state index contributed by atoms with van der Waals surface area (Å²) in [7, 11) is 2.12. The van der Waals surface area contributed by atoms with Crippen LogP contribution in [0, 0.1) is 0 Å². The van der Waals surface area contributed by atoms with E-state index < -0.39 is 5.63 Å². The lowest BCUT2D eigenvalue weighted by atomic mass is 10.1. The van der Waals surface area contributed by atoms with E-state index in [2.05, 4.69) is 33.2 Å². The molecule has 1 N–H and O–H groups in total. The number of aromatic nitrogens is 2. The Morgan fingerprint density at radius 2 is 2.00 bits per heavy atom. The standard InChI is InChI=1S/C20H20FN5O2/c1-24-4-6-25(7-5-24)15-3-2-13-8-16(19(27)28-18(13)9-15)17-12-26-11-14(21)10-22-20(26)23-17/h2-3,8-9,11-12H,4-7,10H2,1H3,(H,22,23). The summed E-state index contributed by atoms with van der Waals surface area (Å²) in [4.78, 5) is 21.6. The van der Waals surface area contributed by atoms with Crippen molar-refractivity contribution in [2.75, 3.05) is 50.0 Å². The molecule has 0 radical (unpaired) electrons. The van der Waals surface area contributed by atoms with Gasteiger partial charge < -0.3 is 19.5 Å². The number of anilines is 2. The number of halogens is 1. The zero-order chi connectivity index (χ0) is 19.3. The molecule has 7 nitrogen and oxygen atoms in total. The first-order chi connectivity index (χ1) is 13.6. The van der Waals surface area contributed by atoms with Crippen molar-refractivity contribution >= 4 is 28.8 Å². The van der Waals surface area contributed by atoms with Gasteiger partial charge in [-0.25, -0.2) is 14.2 Å². The molecule has 0 bridgehead atoms. The Kier molecular flexibility index (Phi) is 3.94. The molecule has 1 saturated heterocycles. The van der Waals surface area contributed by atoms with Gasteiger partial charge >= 0.3 is 5.63 Å². The molecule has 3 aromatic rings. The summed E-state index contributed by atoms with van der Waals surface area (Å²) in [5.41, 5.74) is 1.96. The number of fused-ring (bicyclic) bond motifs is 2. The van der Waals surface area contributed by atoms with E-state index in [1.165, 1.54) is 10.8 Å². The van der Waals surface area contributed by atoms with Gasteiger partial charge in [0.2, 0.25) is 5.95 Å². The average molecular weight is 381 g/mol. The summed E-state index contributed by atoms with van der Waals surface area (Å²) in [6, 6.07) is 7.71. The molecule has 0 spiro atoms. The minimum Gasteiger partial charge on any atom is -0.422 e. The van der Waals surface area contributed by atoms with E-state index in [1.807, 2.05) is 12.1 Å². The largest absolute Gasteiger partial charge is 0.422 e. The zero-order valence-electron chi connectivity index (χ0n) is 15.5. The highest BCUT2D eigenvalue weighted by Crippen LogP contribution is 2.27. The minimum atomic E-state index is -0.456. The molecule has 0 atom stereocenters. The molecule has 5 rings (SSSR count). The maximum Gasteiger partial charge on any atom is 0.345 e. The van der Waals surface area contributed by atoms with Crippen molar-refractivity contribution in [2.24, 2.45) is 0 Å². The van der Waals surface area contributed by atoms with Gasteiger partial charge in [-0.2, -0.15) is 0 Å². The highest BCUT2D eigenvalue weighted by atomic mass is 19.1. The first-order valence-electron chi connectivity index (χ1n) is 9.27. The van der Waals surface area contributed by atoms with Crippen molar-refractivity contribution in [3.05, 3.63) is 46.7 Å². The van der Waals surface area contributed by atoms with Crippen LogP contribution in [-0.2, 0) is 0 Å². The molecule has 1 fully saturated rings. The molecule has 0 unspecified atom stereocenters. The van der Waals surface area contributed by atoms with Gasteiger partial charge in [0.15, 0.2) is 0 Å². The van der Waals surface area contributed by atoms with Gasteiger partial charge in [-0.3, -0.25) is 4.57 Å². The third-order valence-electron chi connectivity index (χ3n) is 5.29. The molecule has 2 aliphatic rings. The predicted molar refractivity (Wildman–Crippen MR) is 107 cm³/mol. The molecule has 2 aliphatic heterocycles. The van der Waals surface area contributed by atoms with Crippen LogP contribution >= 0.6 is 0 Å². The zero-order valence-corrected chi connectivity index (χ0v) is 15.5. The van der Waals surface area contributed by atoms with Crippen molar-refractivity contribution < 1.29 is 8.81 Å². The molecular weight excluding hydrogens is 361 g/mol. The molecular formula is C20H20FN5O2. The molecule has 0 aliphatic carbocycles. The van der Waals surface area contributed by atoms with E-state index in [4.69, 9.17) is 4.42 Å². The van der Waals surface area contributed by atoms with E-state index in [1.54, 1.807) is 12.3 Å². The summed E-state index contributed by atoms with van der Waals surface area (Å²) >= 11 is 0. The lowest BCUT2D eigenvalue weighted by Crippen LogP contribution is -2.44. The van der Waals surface area contributed by atoms with Crippen molar-refractivity contribution in [2.45, 2.75) is 0 Å². The summed E-state index contributed by atoms with van der Waals surface area (Å²) in [6.45, 7) is 4.01. The Labute approximate surface area is 160 Å². The van der Waals surface area contributed by atoms with E-state index in [0.717, 1.165) is 37.3 Å². The molecule has 8 heteroatoms. The van der Waals surface area contributed by atoms with Crippen LogP contribution < -0.4 is 15.8 Å². The van der Waals surface area contributed by atoms with Crippen LogP contribution in [0.15, 0.2) is 45.5 Å². The van der Waals surface area contributed by atoms with Crippen LogP contribution in [0.25, 0.3) is 28.4 Å². The normalized spacial score (nSPS) is 17.4. The summed E-state index contributed by atoms with van der Waals surface area (Å²) in [6.07, 6.45) is 2.98. The quantitative estimate of drug-likeness (QED) is 0.689. The fourth-order valence-electron chi connectivity index (χ4n) is 3.65. The number of hydrogen-bond acceptors (Lipinski definition) is 6. The van der Waals surface area contributed by atoms with E-state index in [9.17, 15) is 9.18 Å². The molecule has 28 heavy (non-hydrogen) atoms. The van der Waals surface area contributed by atoms with Gasteiger partial charge in [0.05, 0.1) is 17.8 Å². The second-order valence-corrected chi connectivity index (χ2v) is 7.25. The second-order valence-electron chi connectivity index (χ2n) is 7.25. The Morgan fingerprint density at radius 3 is 2.82 bits per heavy atom. The molecule has 1 aromatic carbocycles. The maximum atomic E-state index is 13.4. The fourth-order valence-corrected chi connectivity index (χ4v) is 3.65. The smallest absolute Gasteiger partial charge is 0.345 e. The molecule has 2 aromatic heterocycles. The highest BCUT2D eigenvalue weighted by Gasteiger charge is 2.18. The molecule has 4 heterocycles. The number of benzene rings is 1. The van der Waals surface area contributed by atoms with Crippen LogP contribution in [0.5, 0.6) is 0 Å². The topological polar surface area (TPSA) is 66.5 Å². The third-order valence-corrected chi connectivity index (χ3v) is 5.29. The van der Waals surface area contributed by atoms with Gasteiger partial charge in [0.25, 0.3) is 0 Å². The van der Waals surface area contributed by atoms with Gasteiger partial charge in [-0.1, -0.05) is 0 Å². The first-order valence-corrected chi connectivity index (χ1v) is 9.27. The lowest BCUT2D eigenvalue weighted by molar-refractivity contribution is 0.313. The first kappa shape index (κ1) is 17.0. The van der Waals surface area contributed by atoms with Gasteiger partial charge in [0.1, 0.15) is 11.4 Å². The summed E-state index contributed by atoms with van der Waals surface area (Å²) < 4.78 is 20.6. The summed E-state index contributed by atoms with van der Waals surface area (Å²) in [5.74, 6) is 0.208. The average Bonchev–Trinajstić information content (AvgIpc) is 3.10. The van der Waals surface area contributed by atoms with Crippen LogP contribution in [0.3, 0.4) is 0 Å². The van der Waals surface area contributed by atoms with Crippen molar-refractivity contribution in [1.29, 1.82) is 0 Å². The number of likely N-dealkylation sites (N-methyl/N-ethyl adjacent to an activating group) is 1. The number of imidazole rings is 1. The van der Waals surface area contributed by atoms with E-state index >= 15 is 0 Å². The minimum absolute atomic E-state index is 0.0951. The van der Waals surface area contributed by atoms with Gasteiger partial charge in [-0.05, 0) is 25.2 Å². The van der Waals surface area contributed by atoms with Gasteiger partial charge in [-0.15, -0.1) is 0 Å². The number of hydrogen-bond donors (Lipinski definition) is 1. The third kappa shape index (κ3) is 2.95.